The van der Waals surface area contributed by atoms with Gasteiger partial charge in [0, 0.05) is 31.7 Å². The van der Waals surface area contributed by atoms with Crippen molar-refractivity contribution >= 4 is 11.7 Å². The minimum atomic E-state index is -4.97. The number of benzene rings is 2. The Labute approximate surface area is 195 Å². The summed E-state index contributed by atoms with van der Waals surface area (Å²) in [7, 11) is 0. The maximum atomic E-state index is 13.2. The van der Waals surface area contributed by atoms with Crippen LogP contribution in [-0.4, -0.2) is 52.4 Å². The van der Waals surface area contributed by atoms with Crippen LogP contribution in [0.4, 0.5) is 13.2 Å². The first kappa shape index (κ1) is 23.9. The van der Waals surface area contributed by atoms with Crippen molar-refractivity contribution in [2.75, 3.05) is 19.6 Å². The highest BCUT2D eigenvalue weighted by molar-refractivity contribution is 5.95. The van der Waals surface area contributed by atoms with Gasteiger partial charge < -0.3 is 10.0 Å². The molecule has 0 fully saturated rings. The van der Waals surface area contributed by atoms with Crippen LogP contribution in [0.5, 0.6) is 0 Å². The predicted molar refractivity (Wildman–Crippen MR) is 120 cm³/mol. The molecular formula is C26H25F3N2O3. The highest BCUT2D eigenvalue weighted by Crippen LogP contribution is 2.39. The lowest BCUT2D eigenvalue weighted by Crippen LogP contribution is -2.43. The Morgan fingerprint density at radius 3 is 2.38 bits per heavy atom. The molecular weight excluding hydrogens is 445 g/mol. The molecule has 2 aromatic carbocycles. The number of Topliss-reactive ketones (excluding diaryl/α,β-unsaturated/α-hetero) is 1. The van der Waals surface area contributed by atoms with Gasteiger partial charge >= 0.3 is 12.1 Å². The fraction of sp³-hybridized carbons (Fsp3) is 0.308. The van der Waals surface area contributed by atoms with Gasteiger partial charge in [-0.25, -0.2) is 0 Å². The van der Waals surface area contributed by atoms with Crippen molar-refractivity contribution in [3.63, 3.8) is 0 Å². The van der Waals surface area contributed by atoms with Gasteiger partial charge in [-0.05, 0) is 23.1 Å². The van der Waals surface area contributed by atoms with Crippen LogP contribution >= 0.6 is 0 Å². The minimum absolute atomic E-state index is 0.0533. The number of hydrogen-bond donors (Lipinski definition) is 1. The molecule has 1 aliphatic carbocycles. The first-order chi connectivity index (χ1) is 16.2. The van der Waals surface area contributed by atoms with E-state index in [2.05, 4.69) is 0 Å². The number of halogens is 3. The zero-order valence-corrected chi connectivity index (χ0v) is 18.5. The summed E-state index contributed by atoms with van der Waals surface area (Å²) in [5.41, 5.74) is 0.689. The summed E-state index contributed by atoms with van der Waals surface area (Å²) in [6.45, 7) is 0.343. The summed E-state index contributed by atoms with van der Waals surface area (Å²) >= 11 is 0. The molecule has 4 rings (SSSR count). The molecule has 0 bridgehead atoms. The van der Waals surface area contributed by atoms with Crippen molar-refractivity contribution in [2.24, 2.45) is 0 Å². The molecule has 178 valence electrons. The first-order valence-electron chi connectivity index (χ1n) is 11.0. The van der Waals surface area contributed by atoms with E-state index in [-0.39, 0.29) is 31.8 Å². The van der Waals surface area contributed by atoms with E-state index in [9.17, 15) is 27.9 Å². The number of amides is 1. The molecule has 1 heterocycles. The molecule has 34 heavy (non-hydrogen) atoms. The molecule has 0 spiro atoms. The van der Waals surface area contributed by atoms with E-state index < -0.39 is 17.7 Å². The molecule has 2 aliphatic rings. The second-order valence-corrected chi connectivity index (χ2v) is 8.55. The van der Waals surface area contributed by atoms with Gasteiger partial charge in [-0.3, -0.25) is 14.5 Å². The number of ketones is 1. The molecule has 0 saturated heterocycles. The predicted octanol–water partition coefficient (Wildman–Crippen LogP) is 3.74. The van der Waals surface area contributed by atoms with Crippen LogP contribution in [0, 0.1) is 0 Å². The first-order valence-corrected chi connectivity index (χ1v) is 11.0. The zero-order chi connectivity index (χ0) is 24.3. The van der Waals surface area contributed by atoms with Crippen LogP contribution in [0.1, 0.15) is 23.1 Å². The summed E-state index contributed by atoms with van der Waals surface area (Å²) in [5, 5.41) is 11.4. The van der Waals surface area contributed by atoms with Gasteiger partial charge in [-0.1, -0.05) is 72.8 Å². The standard InChI is InChI=1S/C26H25F3N2O3/c27-26(28,29)24(33)31(16-19-8-2-1-3-9-19)15-7-14-30-17-20-10-4-5-13-22(20)25(34,23(32)18-30)21-11-6-12-21/h1-6,8-13,34H,7,14-18H2. The normalized spacial score (nSPS) is 20.2. The number of fused-ring (bicyclic) bond motifs is 1. The van der Waals surface area contributed by atoms with Crippen molar-refractivity contribution in [1.82, 2.24) is 9.80 Å². The molecule has 1 N–H and O–H groups in total. The molecule has 8 heteroatoms. The Bertz CT molecular complexity index is 1130. The van der Waals surface area contributed by atoms with Crippen molar-refractivity contribution in [3.8, 4) is 0 Å². The van der Waals surface area contributed by atoms with Crippen LogP contribution in [0.25, 0.3) is 0 Å². The lowest BCUT2D eigenvalue weighted by molar-refractivity contribution is -0.186. The van der Waals surface area contributed by atoms with E-state index in [1.165, 1.54) is 0 Å². The Morgan fingerprint density at radius 1 is 1.06 bits per heavy atom. The van der Waals surface area contributed by atoms with Gasteiger partial charge in [-0.15, -0.1) is 0 Å². The number of rotatable bonds is 7. The number of carbonyl (C=O) groups is 2. The van der Waals surface area contributed by atoms with Crippen molar-refractivity contribution in [2.45, 2.75) is 31.3 Å². The summed E-state index contributed by atoms with van der Waals surface area (Å²) in [6, 6.07) is 15.7. The maximum Gasteiger partial charge on any atom is 0.471 e. The third kappa shape index (κ3) is 4.83. The average molecular weight is 470 g/mol. The van der Waals surface area contributed by atoms with E-state index in [0.717, 1.165) is 10.5 Å². The van der Waals surface area contributed by atoms with E-state index in [1.54, 1.807) is 65.6 Å². The second kappa shape index (κ2) is 9.56. The molecule has 0 aromatic heterocycles. The lowest BCUT2D eigenvalue weighted by Gasteiger charge is -2.30. The van der Waals surface area contributed by atoms with Gasteiger partial charge in [0.2, 0.25) is 0 Å². The smallest absolute Gasteiger partial charge is 0.373 e. The van der Waals surface area contributed by atoms with E-state index in [0.29, 0.717) is 29.8 Å². The number of aliphatic hydroxyl groups is 1. The molecule has 0 radical (unpaired) electrons. The van der Waals surface area contributed by atoms with Crippen molar-refractivity contribution in [1.29, 1.82) is 0 Å². The summed E-state index contributed by atoms with van der Waals surface area (Å²) < 4.78 is 39.5. The monoisotopic (exact) mass is 470 g/mol. The second-order valence-electron chi connectivity index (χ2n) is 8.55. The van der Waals surface area contributed by atoms with Gasteiger partial charge in [0.05, 0.1) is 6.54 Å². The highest BCUT2D eigenvalue weighted by atomic mass is 19.4. The van der Waals surface area contributed by atoms with Crippen LogP contribution in [0.2, 0.25) is 0 Å². The van der Waals surface area contributed by atoms with E-state index in [1.807, 2.05) is 12.1 Å². The Balaban J connectivity index is 1.47. The molecule has 2 aromatic rings. The zero-order valence-electron chi connectivity index (χ0n) is 18.5. The molecule has 5 nitrogen and oxygen atoms in total. The minimum Gasteiger partial charge on any atom is -0.373 e. The summed E-state index contributed by atoms with van der Waals surface area (Å²) in [5.74, 6) is -2.27. The van der Waals surface area contributed by atoms with Crippen molar-refractivity contribution in [3.05, 3.63) is 95.1 Å². The molecule has 1 aliphatic heterocycles. The van der Waals surface area contributed by atoms with Gasteiger partial charge in [-0.2, -0.15) is 13.2 Å². The number of carbonyl (C=O) groups excluding carboxylic acids is 2. The molecule has 1 amide bonds. The Hall–Kier alpha value is -3.23. The van der Waals surface area contributed by atoms with Crippen LogP contribution < -0.4 is 0 Å². The number of hydrogen-bond acceptors (Lipinski definition) is 4. The Kier molecular flexibility index (Phi) is 6.72. The van der Waals surface area contributed by atoms with Gasteiger partial charge in [0.25, 0.3) is 0 Å². The van der Waals surface area contributed by atoms with E-state index in [4.69, 9.17) is 0 Å². The summed E-state index contributed by atoms with van der Waals surface area (Å²) in [6.07, 6.45) is 0.436. The number of alkyl halides is 3. The van der Waals surface area contributed by atoms with Crippen molar-refractivity contribution < 1.29 is 27.9 Å². The third-order valence-corrected chi connectivity index (χ3v) is 6.19. The molecule has 1 atom stereocenters. The molecule has 0 saturated carbocycles. The quantitative estimate of drug-likeness (QED) is 0.670. The number of nitrogens with zero attached hydrogens (tertiary/aromatic N) is 2. The summed E-state index contributed by atoms with van der Waals surface area (Å²) in [4.78, 5) is 27.8. The highest BCUT2D eigenvalue weighted by Gasteiger charge is 2.45. The topological polar surface area (TPSA) is 60.9 Å². The van der Waals surface area contributed by atoms with Crippen LogP contribution in [0.3, 0.4) is 0 Å². The lowest BCUT2D eigenvalue weighted by atomic mass is 9.78. The van der Waals surface area contributed by atoms with E-state index >= 15 is 0 Å². The van der Waals surface area contributed by atoms with Gasteiger partial charge in [0.15, 0.2) is 11.4 Å². The third-order valence-electron chi connectivity index (χ3n) is 6.19. The number of allylic oxidation sites excluding steroid dienone is 2. The fourth-order valence-electron chi connectivity index (χ4n) is 4.40. The average Bonchev–Trinajstić information content (AvgIpc) is 2.86. The molecule has 1 unspecified atom stereocenters. The fourth-order valence-corrected chi connectivity index (χ4v) is 4.40. The van der Waals surface area contributed by atoms with Gasteiger partial charge in [0.1, 0.15) is 0 Å². The Morgan fingerprint density at radius 2 is 1.74 bits per heavy atom. The van der Waals surface area contributed by atoms with Crippen LogP contribution in [0.15, 0.2) is 78.4 Å². The van der Waals surface area contributed by atoms with Crippen LogP contribution in [-0.2, 0) is 28.3 Å². The maximum absolute atomic E-state index is 13.2. The SMILES string of the molecule is O=C(N(CCCN1CC(=O)C(O)(C2=CC=C2)c2ccccc2C1)Cc1ccccc1)C(F)(F)F. The largest absolute Gasteiger partial charge is 0.471 e.